The third-order valence-corrected chi connectivity index (χ3v) is 3.70. The van der Waals surface area contributed by atoms with E-state index in [1.54, 1.807) is 6.07 Å². The first-order valence-electron chi connectivity index (χ1n) is 7.15. The molecular formula is C15H13ClN6O3. The molecule has 0 spiro atoms. The number of nitrogens with zero attached hydrogens (tertiary/aromatic N) is 5. The summed E-state index contributed by atoms with van der Waals surface area (Å²) in [6, 6.07) is 7.31. The Bertz CT molecular complexity index is 948. The molecule has 0 unspecified atom stereocenters. The lowest BCUT2D eigenvalue weighted by Crippen LogP contribution is -2.16. The maximum absolute atomic E-state index is 12.2. The van der Waals surface area contributed by atoms with Gasteiger partial charge in [-0.15, -0.1) is 5.10 Å². The first kappa shape index (κ1) is 16.7. The van der Waals surface area contributed by atoms with E-state index >= 15 is 0 Å². The van der Waals surface area contributed by atoms with Gasteiger partial charge < -0.3 is 5.11 Å². The third kappa shape index (κ3) is 3.66. The van der Waals surface area contributed by atoms with Crippen molar-refractivity contribution in [1.82, 2.24) is 24.5 Å². The van der Waals surface area contributed by atoms with Gasteiger partial charge in [0.2, 0.25) is 5.95 Å². The SMILES string of the molecule is Cn1cc(C(=O)Nc2ncn(Cc3ccccc3Cl)n2)c(C(=O)O)n1. The molecule has 0 aliphatic carbocycles. The van der Waals surface area contributed by atoms with E-state index in [9.17, 15) is 9.59 Å². The van der Waals surface area contributed by atoms with Gasteiger partial charge in [0.25, 0.3) is 5.91 Å². The minimum atomic E-state index is -1.29. The normalized spacial score (nSPS) is 10.6. The molecular weight excluding hydrogens is 348 g/mol. The van der Waals surface area contributed by atoms with Crippen LogP contribution in [0.3, 0.4) is 0 Å². The Morgan fingerprint density at radius 2 is 2.04 bits per heavy atom. The van der Waals surface area contributed by atoms with E-state index in [1.165, 1.54) is 28.9 Å². The van der Waals surface area contributed by atoms with Crippen molar-refractivity contribution in [2.45, 2.75) is 6.54 Å². The molecule has 0 fully saturated rings. The van der Waals surface area contributed by atoms with Gasteiger partial charge in [0.1, 0.15) is 6.33 Å². The summed E-state index contributed by atoms with van der Waals surface area (Å²) in [5.74, 6) is -1.89. The molecule has 0 bridgehead atoms. The molecule has 128 valence electrons. The van der Waals surface area contributed by atoms with Crippen molar-refractivity contribution in [3.05, 3.63) is 58.6 Å². The van der Waals surface area contributed by atoms with Crippen LogP contribution in [-0.4, -0.2) is 41.5 Å². The van der Waals surface area contributed by atoms with Crippen molar-refractivity contribution >= 4 is 29.4 Å². The average molecular weight is 361 g/mol. The van der Waals surface area contributed by atoms with E-state index in [2.05, 4.69) is 20.5 Å². The summed E-state index contributed by atoms with van der Waals surface area (Å²) < 4.78 is 2.76. The van der Waals surface area contributed by atoms with E-state index in [1.807, 2.05) is 18.2 Å². The molecule has 2 N–H and O–H groups in total. The van der Waals surface area contributed by atoms with Crippen LogP contribution in [0.4, 0.5) is 5.95 Å². The zero-order valence-corrected chi connectivity index (χ0v) is 13.8. The van der Waals surface area contributed by atoms with E-state index in [0.717, 1.165) is 5.56 Å². The lowest BCUT2D eigenvalue weighted by atomic mass is 10.2. The smallest absolute Gasteiger partial charge is 0.357 e. The highest BCUT2D eigenvalue weighted by Crippen LogP contribution is 2.16. The highest BCUT2D eigenvalue weighted by atomic mass is 35.5. The van der Waals surface area contributed by atoms with Crippen LogP contribution in [0.5, 0.6) is 0 Å². The number of anilines is 1. The quantitative estimate of drug-likeness (QED) is 0.715. The lowest BCUT2D eigenvalue weighted by Gasteiger charge is -2.03. The topological polar surface area (TPSA) is 115 Å². The second-order valence-electron chi connectivity index (χ2n) is 5.18. The van der Waals surface area contributed by atoms with Gasteiger partial charge in [-0.1, -0.05) is 29.8 Å². The fourth-order valence-electron chi connectivity index (χ4n) is 2.21. The van der Waals surface area contributed by atoms with Crippen molar-refractivity contribution in [3.8, 4) is 0 Å². The Hall–Kier alpha value is -3.20. The minimum absolute atomic E-state index is 0.0530. The number of benzene rings is 1. The largest absolute Gasteiger partial charge is 0.476 e. The summed E-state index contributed by atoms with van der Waals surface area (Å²) in [5, 5.41) is 20.0. The molecule has 1 amide bonds. The van der Waals surface area contributed by atoms with Gasteiger partial charge >= 0.3 is 5.97 Å². The number of carbonyl (C=O) groups excluding carboxylic acids is 1. The van der Waals surface area contributed by atoms with Gasteiger partial charge in [0.05, 0.1) is 12.1 Å². The number of amides is 1. The van der Waals surface area contributed by atoms with Crippen LogP contribution in [0, 0.1) is 0 Å². The highest BCUT2D eigenvalue weighted by molar-refractivity contribution is 6.31. The Morgan fingerprint density at radius 3 is 2.76 bits per heavy atom. The number of aryl methyl sites for hydroxylation is 1. The number of nitrogens with one attached hydrogen (secondary N) is 1. The van der Waals surface area contributed by atoms with Gasteiger partial charge in [0, 0.05) is 18.3 Å². The summed E-state index contributed by atoms with van der Waals surface area (Å²) in [7, 11) is 1.53. The summed E-state index contributed by atoms with van der Waals surface area (Å²) in [5.41, 5.74) is 0.445. The maximum Gasteiger partial charge on any atom is 0.357 e. The third-order valence-electron chi connectivity index (χ3n) is 3.33. The molecule has 2 heterocycles. The first-order valence-corrected chi connectivity index (χ1v) is 7.53. The zero-order chi connectivity index (χ0) is 18.0. The van der Waals surface area contributed by atoms with Gasteiger partial charge in [0.15, 0.2) is 5.69 Å². The number of aromatic nitrogens is 5. The van der Waals surface area contributed by atoms with Gasteiger partial charge in [-0.25, -0.2) is 14.5 Å². The van der Waals surface area contributed by atoms with Crippen molar-refractivity contribution < 1.29 is 14.7 Å². The van der Waals surface area contributed by atoms with Gasteiger partial charge in [-0.3, -0.25) is 14.8 Å². The highest BCUT2D eigenvalue weighted by Gasteiger charge is 2.21. The summed E-state index contributed by atoms with van der Waals surface area (Å²) >= 11 is 6.10. The summed E-state index contributed by atoms with van der Waals surface area (Å²) in [6.07, 6.45) is 2.76. The molecule has 0 aliphatic heterocycles. The first-order chi connectivity index (χ1) is 11.9. The van der Waals surface area contributed by atoms with Crippen LogP contribution < -0.4 is 5.32 Å². The Balaban J connectivity index is 1.74. The van der Waals surface area contributed by atoms with Crippen LogP contribution in [0.25, 0.3) is 0 Å². The number of halogens is 1. The van der Waals surface area contributed by atoms with Crippen LogP contribution in [0.2, 0.25) is 5.02 Å². The molecule has 0 aliphatic rings. The van der Waals surface area contributed by atoms with E-state index in [-0.39, 0.29) is 17.2 Å². The molecule has 3 aromatic rings. The number of aromatic carboxylic acids is 1. The molecule has 9 nitrogen and oxygen atoms in total. The Labute approximate surface area is 146 Å². The minimum Gasteiger partial charge on any atom is -0.476 e. The number of rotatable bonds is 5. The number of hydrogen-bond donors (Lipinski definition) is 2. The zero-order valence-electron chi connectivity index (χ0n) is 13.0. The predicted molar refractivity (Wildman–Crippen MR) is 88.7 cm³/mol. The van der Waals surface area contributed by atoms with Crippen molar-refractivity contribution in [2.75, 3.05) is 5.32 Å². The van der Waals surface area contributed by atoms with Crippen LogP contribution in [0.1, 0.15) is 26.4 Å². The fourth-order valence-corrected chi connectivity index (χ4v) is 2.41. The van der Waals surface area contributed by atoms with E-state index in [0.29, 0.717) is 11.6 Å². The van der Waals surface area contributed by atoms with Crippen LogP contribution >= 0.6 is 11.6 Å². The van der Waals surface area contributed by atoms with Crippen molar-refractivity contribution in [2.24, 2.45) is 7.05 Å². The predicted octanol–water partition coefficient (Wildman–Crippen LogP) is 1.66. The Morgan fingerprint density at radius 1 is 1.28 bits per heavy atom. The monoisotopic (exact) mass is 360 g/mol. The van der Waals surface area contributed by atoms with Crippen molar-refractivity contribution in [1.29, 1.82) is 0 Å². The second kappa shape index (κ2) is 6.73. The number of carboxylic acid groups (broad SMARTS) is 1. The summed E-state index contributed by atoms with van der Waals surface area (Å²) in [4.78, 5) is 27.4. The molecule has 3 rings (SSSR count). The van der Waals surface area contributed by atoms with Gasteiger partial charge in [-0.2, -0.15) is 5.10 Å². The Kier molecular flexibility index (Phi) is 4.48. The number of carbonyl (C=O) groups is 2. The molecule has 0 radical (unpaired) electrons. The molecule has 0 atom stereocenters. The second-order valence-corrected chi connectivity index (χ2v) is 5.59. The van der Waals surface area contributed by atoms with Gasteiger partial charge in [-0.05, 0) is 11.6 Å². The molecule has 25 heavy (non-hydrogen) atoms. The molecule has 0 saturated heterocycles. The van der Waals surface area contributed by atoms with Crippen LogP contribution in [0.15, 0.2) is 36.8 Å². The molecule has 1 aromatic carbocycles. The summed E-state index contributed by atoms with van der Waals surface area (Å²) in [6.45, 7) is 0.385. The van der Waals surface area contributed by atoms with Crippen molar-refractivity contribution in [3.63, 3.8) is 0 Å². The lowest BCUT2D eigenvalue weighted by molar-refractivity contribution is 0.0685. The molecule has 10 heteroatoms. The maximum atomic E-state index is 12.2. The fraction of sp³-hybridized carbons (Fsp3) is 0.133. The molecule has 2 aromatic heterocycles. The standard InChI is InChI=1S/C15H13ClN6O3/c1-21-7-10(12(19-21)14(24)25)13(23)18-15-17-8-22(20-15)6-9-4-2-3-5-11(9)16/h2-5,7-8H,6H2,1H3,(H,24,25)(H,18,20,23). The average Bonchev–Trinajstić information content (AvgIpc) is 3.16. The van der Waals surface area contributed by atoms with Crippen LogP contribution in [-0.2, 0) is 13.6 Å². The molecule has 0 saturated carbocycles. The van der Waals surface area contributed by atoms with E-state index < -0.39 is 11.9 Å². The van der Waals surface area contributed by atoms with E-state index in [4.69, 9.17) is 16.7 Å². The number of carboxylic acids is 1. The number of hydrogen-bond acceptors (Lipinski definition) is 5.